The Morgan fingerprint density at radius 1 is 1.47 bits per heavy atom. The quantitative estimate of drug-likeness (QED) is 0.399. The van der Waals surface area contributed by atoms with Gasteiger partial charge in [0.1, 0.15) is 0 Å². The molecule has 0 saturated carbocycles. The van der Waals surface area contributed by atoms with Crippen molar-refractivity contribution in [3.63, 3.8) is 0 Å². The maximum atomic E-state index is 12.5. The fourth-order valence-corrected chi connectivity index (χ4v) is 2.02. The Bertz CT molecular complexity index is 566. The summed E-state index contributed by atoms with van der Waals surface area (Å²) in [7, 11) is 1.45. The summed E-state index contributed by atoms with van der Waals surface area (Å²) in [5, 5.41) is 14.3. The summed E-state index contributed by atoms with van der Waals surface area (Å²) < 4.78 is 0. The number of aromatic nitrogens is 1. The molecule has 0 aromatic carbocycles. The normalized spacial score (nSPS) is 24.1. The molecule has 0 saturated heterocycles. The summed E-state index contributed by atoms with van der Waals surface area (Å²) in [6.45, 7) is 0. The minimum absolute atomic E-state index is 0.0548. The second-order valence-corrected chi connectivity index (χ2v) is 3.96. The highest BCUT2D eigenvalue weighted by Crippen LogP contribution is 2.28. The van der Waals surface area contributed by atoms with Gasteiger partial charge in [0.25, 0.3) is 5.91 Å². The number of rotatable bonds is 2. The van der Waals surface area contributed by atoms with Crippen LogP contribution in [-0.4, -0.2) is 28.8 Å². The van der Waals surface area contributed by atoms with Gasteiger partial charge in [0.05, 0.1) is 11.8 Å². The number of nitrogens with one attached hydrogen (secondary N) is 2. The van der Waals surface area contributed by atoms with Crippen molar-refractivity contribution >= 4 is 11.7 Å². The lowest BCUT2D eigenvalue weighted by atomic mass is 9.80. The van der Waals surface area contributed by atoms with Gasteiger partial charge in [-0.1, -0.05) is 0 Å². The van der Waals surface area contributed by atoms with Crippen LogP contribution in [0.1, 0.15) is 5.56 Å². The van der Waals surface area contributed by atoms with Crippen LogP contribution in [0.5, 0.6) is 0 Å². The van der Waals surface area contributed by atoms with Crippen molar-refractivity contribution in [3.8, 4) is 0 Å². The third kappa shape index (κ3) is 1.87. The van der Waals surface area contributed by atoms with Crippen molar-refractivity contribution in [2.45, 2.75) is 5.54 Å². The summed E-state index contributed by atoms with van der Waals surface area (Å²) in [6.07, 6.45) is 6.55. The van der Waals surface area contributed by atoms with E-state index in [0.29, 0.717) is 11.8 Å². The first-order valence-corrected chi connectivity index (χ1v) is 5.63. The molecule has 0 bridgehead atoms. The number of carbonyl (C=O) groups is 2. The van der Waals surface area contributed by atoms with Crippen LogP contribution >= 0.6 is 0 Å². The van der Waals surface area contributed by atoms with E-state index in [2.05, 4.69) is 15.6 Å². The van der Waals surface area contributed by atoms with Crippen molar-refractivity contribution in [1.29, 1.82) is 0 Å². The number of aliphatic hydroxyl groups excluding tert-OH is 1. The SMILES string of the molecule is CNC(=O)C1(c2ccncc2)NC=CC(=CO)C1=O. The Kier molecular flexibility index (Phi) is 3.33. The molecule has 3 N–H and O–H groups in total. The standard InChI is InChI=1S/C13H13N3O3/c1-14-12(19)13(10-3-5-15-6-4-10)11(18)9(8-17)2-7-16-13/h2-8,16-17H,1H3,(H,14,19). The molecule has 1 amide bonds. The van der Waals surface area contributed by atoms with Crippen LogP contribution in [-0.2, 0) is 15.1 Å². The Morgan fingerprint density at radius 2 is 2.16 bits per heavy atom. The van der Waals surface area contributed by atoms with Crippen molar-refractivity contribution in [3.05, 3.63) is 54.2 Å². The molecule has 2 heterocycles. The average Bonchev–Trinajstić information content (AvgIpc) is 2.48. The van der Waals surface area contributed by atoms with Crippen LogP contribution in [0.4, 0.5) is 0 Å². The van der Waals surface area contributed by atoms with E-state index < -0.39 is 17.2 Å². The molecule has 19 heavy (non-hydrogen) atoms. The number of nitrogens with zero attached hydrogens (tertiary/aromatic N) is 1. The first-order chi connectivity index (χ1) is 9.16. The number of hydrogen-bond acceptors (Lipinski definition) is 5. The number of likely N-dealkylation sites (N-methyl/N-ethyl adjacent to an activating group) is 1. The molecule has 1 atom stereocenters. The van der Waals surface area contributed by atoms with E-state index in [9.17, 15) is 9.59 Å². The molecular formula is C13H13N3O3. The molecular weight excluding hydrogens is 246 g/mol. The topological polar surface area (TPSA) is 91.3 Å². The van der Waals surface area contributed by atoms with Crippen molar-refractivity contribution in [2.24, 2.45) is 0 Å². The second-order valence-electron chi connectivity index (χ2n) is 3.96. The summed E-state index contributed by atoms with van der Waals surface area (Å²) in [5.74, 6) is -1.03. The van der Waals surface area contributed by atoms with Gasteiger partial charge in [-0.3, -0.25) is 14.6 Å². The predicted octanol–water partition coefficient (Wildman–Crippen LogP) is 0.151. The monoisotopic (exact) mass is 259 g/mol. The molecule has 0 spiro atoms. The maximum Gasteiger partial charge on any atom is 0.258 e. The molecule has 0 aliphatic carbocycles. The lowest BCUT2D eigenvalue weighted by Gasteiger charge is -2.33. The van der Waals surface area contributed by atoms with E-state index in [1.165, 1.54) is 31.7 Å². The molecule has 1 unspecified atom stereocenters. The zero-order valence-corrected chi connectivity index (χ0v) is 10.3. The minimum atomic E-state index is -1.58. The smallest absolute Gasteiger partial charge is 0.258 e. The third-order valence-electron chi connectivity index (χ3n) is 2.99. The molecule has 1 aromatic heterocycles. The minimum Gasteiger partial charge on any atom is -0.515 e. The Hall–Kier alpha value is -2.63. The van der Waals surface area contributed by atoms with Crippen LogP contribution < -0.4 is 10.6 Å². The largest absolute Gasteiger partial charge is 0.515 e. The summed E-state index contributed by atoms with van der Waals surface area (Å²) in [5.41, 5.74) is -1.07. The van der Waals surface area contributed by atoms with Gasteiger partial charge in [0.15, 0.2) is 0 Å². The molecule has 0 fully saturated rings. The Morgan fingerprint density at radius 3 is 2.74 bits per heavy atom. The molecule has 6 heteroatoms. The molecule has 6 nitrogen and oxygen atoms in total. The highest BCUT2D eigenvalue weighted by Gasteiger charge is 2.48. The zero-order valence-electron chi connectivity index (χ0n) is 10.3. The molecule has 2 rings (SSSR count). The maximum absolute atomic E-state index is 12.5. The lowest BCUT2D eigenvalue weighted by Crippen LogP contribution is -2.59. The van der Waals surface area contributed by atoms with Crippen LogP contribution in [0, 0.1) is 0 Å². The third-order valence-corrected chi connectivity index (χ3v) is 2.99. The van der Waals surface area contributed by atoms with E-state index in [-0.39, 0.29) is 5.57 Å². The predicted molar refractivity (Wildman–Crippen MR) is 68.0 cm³/mol. The number of allylic oxidation sites excluding steroid dienone is 1. The van der Waals surface area contributed by atoms with E-state index >= 15 is 0 Å². The van der Waals surface area contributed by atoms with Gasteiger partial charge in [-0.05, 0) is 30.0 Å². The fourth-order valence-electron chi connectivity index (χ4n) is 2.02. The molecule has 1 aliphatic rings. The number of aliphatic hydroxyl groups is 1. The number of Topliss-reactive ketones (excluding diaryl/α,β-unsaturated/α-hetero) is 1. The summed E-state index contributed by atoms with van der Waals surface area (Å²) >= 11 is 0. The van der Waals surface area contributed by atoms with E-state index in [1.54, 1.807) is 12.1 Å². The number of carbonyl (C=O) groups excluding carboxylic acids is 2. The van der Waals surface area contributed by atoms with Crippen LogP contribution in [0.3, 0.4) is 0 Å². The van der Waals surface area contributed by atoms with Crippen LogP contribution in [0.25, 0.3) is 0 Å². The van der Waals surface area contributed by atoms with E-state index in [4.69, 9.17) is 5.11 Å². The van der Waals surface area contributed by atoms with Gasteiger partial charge in [-0.2, -0.15) is 0 Å². The summed E-state index contributed by atoms with van der Waals surface area (Å²) in [6, 6.07) is 3.16. The zero-order chi connectivity index (χ0) is 13.9. The van der Waals surface area contributed by atoms with Gasteiger partial charge < -0.3 is 15.7 Å². The number of hydrogen-bond donors (Lipinski definition) is 3. The van der Waals surface area contributed by atoms with Gasteiger partial charge in [-0.15, -0.1) is 0 Å². The highest BCUT2D eigenvalue weighted by atomic mass is 16.2. The van der Waals surface area contributed by atoms with Crippen LogP contribution in [0.2, 0.25) is 0 Å². The van der Waals surface area contributed by atoms with E-state index in [0.717, 1.165) is 0 Å². The Labute approximate surface area is 109 Å². The van der Waals surface area contributed by atoms with Gasteiger partial charge in [0, 0.05) is 19.4 Å². The van der Waals surface area contributed by atoms with Crippen molar-refractivity contribution in [1.82, 2.24) is 15.6 Å². The Balaban J connectivity index is 2.64. The number of amides is 1. The second kappa shape index (κ2) is 4.93. The fraction of sp³-hybridized carbons (Fsp3) is 0.154. The first kappa shape index (κ1) is 12.8. The first-order valence-electron chi connectivity index (χ1n) is 5.63. The molecule has 0 radical (unpaired) electrons. The van der Waals surface area contributed by atoms with Gasteiger partial charge in [0.2, 0.25) is 11.3 Å². The number of pyridine rings is 1. The lowest BCUT2D eigenvalue weighted by molar-refractivity contribution is -0.135. The van der Waals surface area contributed by atoms with Crippen molar-refractivity contribution in [2.75, 3.05) is 7.05 Å². The molecule has 1 aliphatic heterocycles. The van der Waals surface area contributed by atoms with E-state index in [1.807, 2.05) is 0 Å². The highest BCUT2D eigenvalue weighted by molar-refractivity contribution is 6.19. The van der Waals surface area contributed by atoms with Gasteiger partial charge >= 0.3 is 0 Å². The molecule has 1 aromatic rings. The van der Waals surface area contributed by atoms with Crippen LogP contribution in [0.15, 0.2) is 48.6 Å². The number of ketones is 1. The van der Waals surface area contributed by atoms with Gasteiger partial charge in [-0.25, -0.2) is 0 Å². The molecule has 98 valence electrons. The summed E-state index contributed by atoms with van der Waals surface area (Å²) in [4.78, 5) is 28.5. The van der Waals surface area contributed by atoms with Crippen molar-refractivity contribution < 1.29 is 14.7 Å². The average molecular weight is 259 g/mol.